The van der Waals surface area contributed by atoms with Gasteiger partial charge in [-0.3, -0.25) is 4.79 Å². The van der Waals surface area contributed by atoms with Crippen LogP contribution in [-0.2, 0) is 4.79 Å². The summed E-state index contributed by atoms with van der Waals surface area (Å²) in [5.74, 6) is -0.607. The van der Waals surface area contributed by atoms with Crippen LogP contribution in [0.4, 0.5) is 0 Å². The molecule has 0 aromatic carbocycles. The van der Waals surface area contributed by atoms with Crippen molar-refractivity contribution in [2.75, 3.05) is 6.61 Å². The molecule has 0 rings (SSSR count). The first-order valence-electron chi connectivity index (χ1n) is 16.4. The van der Waals surface area contributed by atoms with Gasteiger partial charge in [-0.2, -0.15) is 0 Å². The molecule has 0 aliphatic heterocycles. The molecule has 6 heteroatoms. The van der Waals surface area contributed by atoms with Crippen LogP contribution in [0, 0.1) is 0 Å². The number of carbonyl (C=O) groups is 1. The number of carbonyl (C=O) groups excluding carboxylic acids is 1. The van der Waals surface area contributed by atoms with Crippen LogP contribution in [0.3, 0.4) is 0 Å². The Morgan fingerprint density at radius 1 is 0.600 bits per heavy atom. The molecule has 4 unspecified atom stereocenters. The summed E-state index contributed by atoms with van der Waals surface area (Å²) < 4.78 is 0. The van der Waals surface area contributed by atoms with Gasteiger partial charge in [-0.1, -0.05) is 115 Å². The SMILES string of the molecule is CCCCC/C=C/CC/C=C/CC/C=C/CCCC(O)C(O)C(CO)NC(=O)C(O)CCCCCCCCCC. The number of aliphatic hydroxyl groups is 4. The Kier molecular flexibility index (Phi) is 28.0. The van der Waals surface area contributed by atoms with Crippen LogP contribution in [0.2, 0.25) is 0 Å². The molecule has 0 spiro atoms. The van der Waals surface area contributed by atoms with E-state index in [4.69, 9.17) is 0 Å². The van der Waals surface area contributed by atoms with Crippen molar-refractivity contribution >= 4 is 5.91 Å². The van der Waals surface area contributed by atoms with E-state index in [2.05, 4.69) is 55.6 Å². The summed E-state index contributed by atoms with van der Waals surface area (Å²) in [6.07, 6.45) is 30.3. The Balaban J connectivity index is 3.97. The second-order valence-corrected chi connectivity index (χ2v) is 11.1. The fraction of sp³-hybridized carbons (Fsp3) is 0.794. The smallest absolute Gasteiger partial charge is 0.249 e. The van der Waals surface area contributed by atoms with Gasteiger partial charge in [0.2, 0.25) is 5.91 Å². The Bertz CT molecular complexity index is 648. The second-order valence-electron chi connectivity index (χ2n) is 11.1. The maximum Gasteiger partial charge on any atom is 0.249 e. The topological polar surface area (TPSA) is 110 Å². The maximum atomic E-state index is 12.3. The molecule has 1 amide bonds. The summed E-state index contributed by atoms with van der Waals surface area (Å²) in [6, 6.07) is -1.01. The van der Waals surface area contributed by atoms with E-state index in [0.717, 1.165) is 51.4 Å². The normalized spacial score (nSPS) is 15.2. The van der Waals surface area contributed by atoms with Crippen molar-refractivity contribution in [2.24, 2.45) is 0 Å². The minimum absolute atomic E-state index is 0.357. The average molecular weight is 566 g/mol. The van der Waals surface area contributed by atoms with E-state index in [1.54, 1.807) is 0 Å². The van der Waals surface area contributed by atoms with Gasteiger partial charge < -0.3 is 25.7 Å². The van der Waals surface area contributed by atoms with E-state index < -0.39 is 36.9 Å². The van der Waals surface area contributed by atoms with Crippen LogP contribution < -0.4 is 5.32 Å². The number of amides is 1. The number of rotatable bonds is 28. The molecule has 0 bridgehead atoms. The Morgan fingerprint density at radius 2 is 1.05 bits per heavy atom. The van der Waals surface area contributed by atoms with Crippen molar-refractivity contribution < 1.29 is 25.2 Å². The minimum Gasteiger partial charge on any atom is -0.394 e. The highest BCUT2D eigenvalue weighted by Gasteiger charge is 2.28. The standard InChI is InChI=1S/C34H63NO5/c1-3-5-7-9-11-13-14-15-16-17-18-19-20-22-23-25-27-31(37)33(39)30(29-36)35-34(40)32(38)28-26-24-21-12-10-8-6-4-2/h11,13,16-17,20,22,30-33,36-39H,3-10,12,14-15,18-19,21,23-29H2,1-2H3,(H,35,40)/b13-11+,17-16+,22-20+. The number of hydrogen-bond acceptors (Lipinski definition) is 5. The number of aliphatic hydroxyl groups excluding tert-OH is 4. The molecule has 0 aromatic rings. The van der Waals surface area contributed by atoms with Gasteiger partial charge in [-0.25, -0.2) is 0 Å². The second kappa shape index (κ2) is 29.0. The molecule has 0 heterocycles. The quantitative estimate of drug-likeness (QED) is 0.0515. The van der Waals surface area contributed by atoms with E-state index in [1.807, 2.05) is 0 Å². The van der Waals surface area contributed by atoms with Crippen LogP contribution in [-0.4, -0.2) is 57.3 Å². The van der Waals surface area contributed by atoms with Gasteiger partial charge in [0, 0.05) is 0 Å². The largest absolute Gasteiger partial charge is 0.394 e. The molecule has 234 valence electrons. The van der Waals surface area contributed by atoms with E-state index in [0.29, 0.717) is 19.3 Å². The van der Waals surface area contributed by atoms with Crippen LogP contribution in [0.5, 0.6) is 0 Å². The summed E-state index contributed by atoms with van der Waals surface area (Å²) in [4.78, 5) is 12.3. The van der Waals surface area contributed by atoms with E-state index >= 15 is 0 Å². The van der Waals surface area contributed by atoms with Crippen molar-refractivity contribution in [3.8, 4) is 0 Å². The highest BCUT2D eigenvalue weighted by atomic mass is 16.3. The number of nitrogens with one attached hydrogen (secondary N) is 1. The molecule has 0 saturated heterocycles. The molecule has 0 saturated carbocycles. The number of hydrogen-bond donors (Lipinski definition) is 5. The van der Waals surface area contributed by atoms with Gasteiger partial charge in [0.05, 0.1) is 18.8 Å². The lowest BCUT2D eigenvalue weighted by Gasteiger charge is -2.27. The molecule has 0 aromatic heterocycles. The first kappa shape index (κ1) is 38.5. The van der Waals surface area contributed by atoms with E-state index in [-0.39, 0.29) is 0 Å². The summed E-state index contributed by atoms with van der Waals surface area (Å²) in [5, 5.41) is 43.1. The highest BCUT2D eigenvalue weighted by Crippen LogP contribution is 2.13. The van der Waals surface area contributed by atoms with Gasteiger partial charge in [0.1, 0.15) is 12.2 Å². The summed E-state index contributed by atoms with van der Waals surface area (Å²) >= 11 is 0. The average Bonchev–Trinajstić information content (AvgIpc) is 2.96. The van der Waals surface area contributed by atoms with Crippen molar-refractivity contribution in [1.82, 2.24) is 5.32 Å². The maximum absolute atomic E-state index is 12.3. The van der Waals surface area contributed by atoms with E-state index in [1.165, 1.54) is 57.8 Å². The van der Waals surface area contributed by atoms with Gasteiger partial charge >= 0.3 is 0 Å². The lowest BCUT2D eigenvalue weighted by Crippen LogP contribution is -2.53. The molecule has 0 radical (unpaired) electrons. The first-order valence-corrected chi connectivity index (χ1v) is 16.4. The van der Waals surface area contributed by atoms with E-state index in [9.17, 15) is 25.2 Å². The van der Waals surface area contributed by atoms with Crippen molar-refractivity contribution in [1.29, 1.82) is 0 Å². The molecule has 0 aliphatic carbocycles. The third-order valence-corrected chi connectivity index (χ3v) is 7.31. The molecule has 40 heavy (non-hydrogen) atoms. The van der Waals surface area contributed by atoms with Gasteiger partial charge in [-0.05, 0) is 64.2 Å². The molecule has 4 atom stereocenters. The highest BCUT2D eigenvalue weighted by molar-refractivity contribution is 5.80. The fourth-order valence-corrected chi connectivity index (χ4v) is 4.61. The Labute approximate surface area is 246 Å². The molecule has 5 N–H and O–H groups in total. The zero-order valence-electron chi connectivity index (χ0n) is 25.8. The molecular formula is C34H63NO5. The van der Waals surface area contributed by atoms with Crippen LogP contribution in [0.15, 0.2) is 36.5 Å². The van der Waals surface area contributed by atoms with Crippen LogP contribution in [0.1, 0.15) is 142 Å². The minimum atomic E-state index is -1.29. The molecule has 0 fully saturated rings. The van der Waals surface area contributed by atoms with Crippen LogP contribution in [0.25, 0.3) is 0 Å². The third-order valence-electron chi connectivity index (χ3n) is 7.31. The van der Waals surface area contributed by atoms with Crippen molar-refractivity contribution in [3.63, 3.8) is 0 Å². The van der Waals surface area contributed by atoms with Gasteiger partial charge in [-0.15, -0.1) is 0 Å². The zero-order chi connectivity index (χ0) is 29.7. The Morgan fingerprint density at radius 3 is 1.57 bits per heavy atom. The molecular weight excluding hydrogens is 502 g/mol. The van der Waals surface area contributed by atoms with Crippen LogP contribution >= 0.6 is 0 Å². The van der Waals surface area contributed by atoms with Gasteiger partial charge in [0.25, 0.3) is 0 Å². The number of allylic oxidation sites excluding steroid dienone is 6. The lowest BCUT2D eigenvalue weighted by molar-refractivity contribution is -0.132. The summed E-state index contributed by atoms with van der Waals surface area (Å²) in [5.41, 5.74) is 0. The predicted molar refractivity (Wildman–Crippen MR) is 168 cm³/mol. The lowest BCUT2D eigenvalue weighted by atomic mass is 10.00. The monoisotopic (exact) mass is 565 g/mol. The van der Waals surface area contributed by atoms with Gasteiger partial charge in [0.15, 0.2) is 0 Å². The first-order chi connectivity index (χ1) is 19.5. The molecule has 6 nitrogen and oxygen atoms in total. The van der Waals surface area contributed by atoms with Crippen molar-refractivity contribution in [3.05, 3.63) is 36.5 Å². The zero-order valence-corrected chi connectivity index (χ0v) is 25.8. The third kappa shape index (κ3) is 23.3. The molecule has 0 aliphatic rings. The summed E-state index contributed by atoms with van der Waals surface area (Å²) in [7, 11) is 0. The number of unbranched alkanes of at least 4 members (excludes halogenated alkanes) is 13. The fourth-order valence-electron chi connectivity index (χ4n) is 4.61. The predicted octanol–water partition coefficient (Wildman–Crippen LogP) is 7.06. The van der Waals surface area contributed by atoms with Crippen molar-refractivity contribution in [2.45, 2.75) is 167 Å². The summed E-state index contributed by atoms with van der Waals surface area (Å²) in [6.45, 7) is 3.92. The Hall–Kier alpha value is -1.47.